The van der Waals surface area contributed by atoms with E-state index in [-0.39, 0.29) is 5.75 Å². The minimum absolute atomic E-state index is 0.267. The van der Waals surface area contributed by atoms with Gasteiger partial charge in [0.15, 0.2) is 11.3 Å². The summed E-state index contributed by atoms with van der Waals surface area (Å²) < 4.78 is 11.4. The van der Waals surface area contributed by atoms with Crippen LogP contribution in [0.3, 0.4) is 0 Å². The van der Waals surface area contributed by atoms with Crippen LogP contribution < -0.4 is 4.74 Å². The Labute approximate surface area is 134 Å². The molecule has 0 fully saturated rings. The van der Waals surface area contributed by atoms with Crippen molar-refractivity contribution in [1.82, 2.24) is 0 Å². The predicted molar refractivity (Wildman–Crippen MR) is 88.0 cm³/mol. The molecule has 114 valence electrons. The van der Waals surface area contributed by atoms with Crippen LogP contribution in [0, 0.1) is 0 Å². The Morgan fingerprint density at radius 1 is 1.18 bits per heavy atom. The molecule has 3 nitrogen and oxygen atoms in total. The fraction of sp³-hybridized carbons (Fsp3) is 0.222. The molecule has 0 saturated heterocycles. The number of rotatable bonds is 5. The molecule has 0 unspecified atom stereocenters. The lowest BCUT2D eigenvalue weighted by atomic mass is 10.0. The molecular formula is C18H17ClO3. The van der Waals surface area contributed by atoms with Gasteiger partial charge in [-0.15, -0.1) is 0 Å². The zero-order chi connectivity index (χ0) is 15.5. The van der Waals surface area contributed by atoms with E-state index in [9.17, 15) is 5.11 Å². The topological polar surface area (TPSA) is 42.6 Å². The van der Waals surface area contributed by atoms with Crippen LogP contribution in [0.1, 0.15) is 25.3 Å². The predicted octanol–water partition coefficient (Wildman–Crippen LogP) is 5.93. The third-order valence-electron chi connectivity index (χ3n) is 3.61. The van der Waals surface area contributed by atoms with Gasteiger partial charge in [0.05, 0.1) is 16.7 Å². The zero-order valence-corrected chi connectivity index (χ0v) is 13.1. The lowest BCUT2D eigenvalue weighted by Crippen LogP contribution is -1.91. The molecule has 22 heavy (non-hydrogen) atoms. The van der Waals surface area contributed by atoms with Gasteiger partial charge in [0, 0.05) is 0 Å². The summed E-state index contributed by atoms with van der Waals surface area (Å²) in [7, 11) is 0. The molecule has 0 radical (unpaired) electrons. The van der Waals surface area contributed by atoms with Crippen LogP contribution in [0.5, 0.6) is 17.2 Å². The van der Waals surface area contributed by atoms with Gasteiger partial charge >= 0.3 is 0 Å². The number of fused-ring (bicyclic) bond motifs is 1. The Morgan fingerprint density at radius 3 is 2.77 bits per heavy atom. The molecule has 0 bridgehead atoms. The van der Waals surface area contributed by atoms with Crippen molar-refractivity contribution >= 4 is 22.6 Å². The number of ether oxygens (including phenoxy) is 1. The maximum absolute atomic E-state index is 10.4. The highest BCUT2D eigenvalue weighted by atomic mass is 35.5. The molecular weight excluding hydrogens is 300 g/mol. The maximum Gasteiger partial charge on any atom is 0.180 e. The monoisotopic (exact) mass is 316 g/mol. The average Bonchev–Trinajstić information content (AvgIpc) is 3.01. The lowest BCUT2D eigenvalue weighted by Gasteiger charge is -2.11. The van der Waals surface area contributed by atoms with E-state index in [2.05, 4.69) is 6.92 Å². The summed E-state index contributed by atoms with van der Waals surface area (Å²) in [6.45, 7) is 2.12. The first-order chi connectivity index (χ1) is 10.7. The molecule has 0 aliphatic heterocycles. The smallest absolute Gasteiger partial charge is 0.180 e. The Bertz CT molecular complexity index is 792. The second kappa shape index (κ2) is 6.32. The summed E-state index contributed by atoms with van der Waals surface area (Å²) in [4.78, 5) is 0. The standard InChI is InChI=1S/C18H17ClO3/c1-2-3-6-12-11-16(18-13(17(12)20)9-10-21-18)22-15-8-5-4-7-14(15)19/h4-5,7-11,20H,2-3,6H2,1H3. The quantitative estimate of drug-likeness (QED) is 0.634. The van der Waals surface area contributed by atoms with Crippen molar-refractivity contribution in [3.63, 3.8) is 0 Å². The number of furan rings is 1. The molecule has 1 heterocycles. The number of unbranched alkanes of at least 4 members (excludes halogenated alkanes) is 1. The molecule has 0 atom stereocenters. The number of hydrogen-bond donors (Lipinski definition) is 1. The van der Waals surface area contributed by atoms with E-state index in [0.717, 1.165) is 24.8 Å². The molecule has 0 amide bonds. The summed E-state index contributed by atoms with van der Waals surface area (Å²) in [5, 5.41) is 11.6. The van der Waals surface area contributed by atoms with E-state index < -0.39 is 0 Å². The number of para-hydroxylation sites is 1. The normalized spacial score (nSPS) is 11.0. The van der Waals surface area contributed by atoms with Gasteiger partial charge in [0.2, 0.25) is 0 Å². The van der Waals surface area contributed by atoms with Gasteiger partial charge in [-0.3, -0.25) is 0 Å². The van der Waals surface area contributed by atoms with Crippen molar-refractivity contribution in [3.05, 3.63) is 53.2 Å². The Balaban J connectivity index is 2.06. The summed E-state index contributed by atoms with van der Waals surface area (Å²) in [6.07, 6.45) is 4.40. The van der Waals surface area contributed by atoms with Crippen molar-refractivity contribution in [2.24, 2.45) is 0 Å². The molecule has 0 spiro atoms. The number of aryl methyl sites for hydroxylation is 1. The Kier molecular flexibility index (Phi) is 4.25. The molecule has 2 aromatic carbocycles. The van der Waals surface area contributed by atoms with E-state index in [1.807, 2.05) is 18.2 Å². The fourth-order valence-corrected chi connectivity index (χ4v) is 2.61. The van der Waals surface area contributed by atoms with Gasteiger partial charge < -0.3 is 14.3 Å². The van der Waals surface area contributed by atoms with Crippen molar-refractivity contribution in [2.75, 3.05) is 0 Å². The summed E-state index contributed by atoms with van der Waals surface area (Å²) >= 11 is 6.15. The van der Waals surface area contributed by atoms with Crippen LogP contribution in [-0.4, -0.2) is 5.11 Å². The van der Waals surface area contributed by atoms with E-state index in [4.69, 9.17) is 20.8 Å². The first-order valence-corrected chi connectivity index (χ1v) is 7.73. The Morgan fingerprint density at radius 2 is 2.00 bits per heavy atom. The van der Waals surface area contributed by atoms with E-state index in [0.29, 0.717) is 27.5 Å². The number of hydrogen-bond acceptors (Lipinski definition) is 3. The summed E-state index contributed by atoms with van der Waals surface area (Å²) in [5.74, 6) is 1.40. The van der Waals surface area contributed by atoms with Gasteiger partial charge in [0.1, 0.15) is 11.5 Å². The van der Waals surface area contributed by atoms with E-state index in [1.54, 1.807) is 24.5 Å². The largest absolute Gasteiger partial charge is 0.507 e. The van der Waals surface area contributed by atoms with Gasteiger partial charge in [-0.1, -0.05) is 37.1 Å². The average molecular weight is 317 g/mol. The van der Waals surface area contributed by atoms with Gasteiger partial charge in [-0.05, 0) is 42.7 Å². The SMILES string of the molecule is CCCCc1cc(Oc2ccccc2Cl)c2occc2c1O. The minimum Gasteiger partial charge on any atom is -0.507 e. The van der Waals surface area contributed by atoms with Gasteiger partial charge in [-0.25, -0.2) is 0 Å². The molecule has 0 saturated carbocycles. The van der Waals surface area contributed by atoms with Crippen molar-refractivity contribution < 1.29 is 14.3 Å². The molecule has 1 N–H and O–H groups in total. The van der Waals surface area contributed by atoms with Crippen molar-refractivity contribution in [1.29, 1.82) is 0 Å². The molecule has 4 heteroatoms. The van der Waals surface area contributed by atoms with Gasteiger partial charge in [-0.2, -0.15) is 0 Å². The van der Waals surface area contributed by atoms with Crippen LogP contribution >= 0.6 is 11.6 Å². The second-order valence-electron chi connectivity index (χ2n) is 5.18. The van der Waals surface area contributed by atoms with E-state index >= 15 is 0 Å². The Hall–Kier alpha value is -2.13. The number of benzene rings is 2. The highest BCUT2D eigenvalue weighted by molar-refractivity contribution is 6.32. The second-order valence-corrected chi connectivity index (χ2v) is 5.59. The van der Waals surface area contributed by atoms with Crippen LogP contribution in [-0.2, 0) is 6.42 Å². The molecule has 1 aromatic heterocycles. The minimum atomic E-state index is 0.267. The van der Waals surface area contributed by atoms with E-state index in [1.165, 1.54) is 0 Å². The summed E-state index contributed by atoms with van der Waals surface area (Å²) in [6, 6.07) is 10.9. The number of phenolic OH excluding ortho intramolecular Hbond substituents is 1. The number of phenols is 1. The van der Waals surface area contributed by atoms with Crippen LogP contribution in [0.4, 0.5) is 0 Å². The maximum atomic E-state index is 10.4. The number of aromatic hydroxyl groups is 1. The summed E-state index contributed by atoms with van der Waals surface area (Å²) in [5.41, 5.74) is 1.38. The van der Waals surface area contributed by atoms with Crippen LogP contribution in [0.25, 0.3) is 11.0 Å². The first kappa shape index (κ1) is 14.8. The molecule has 0 aliphatic carbocycles. The van der Waals surface area contributed by atoms with Crippen molar-refractivity contribution in [3.8, 4) is 17.2 Å². The first-order valence-electron chi connectivity index (χ1n) is 7.35. The molecule has 3 rings (SSSR count). The highest BCUT2D eigenvalue weighted by Crippen LogP contribution is 2.40. The molecule has 0 aliphatic rings. The van der Waals surface area contributed by atoms with Gasteiger partial charge in [0.25, 0.3) is 0 Å². The third-order valence-corrected chi connectivity index (χ3v) is 3.92. The molecule has 3 aromatic rings. The highest BCUT2D eigenvalue weighted by Gasteiger charge is 2.16. The number of halogens is 1. The zero-order valence-electron chi connectivity index (χ0n) is 12.3. The lowest BCUT2D eigenvalue weighted by molar-refractivity contribution is 0.458. The van der Waals surface area contributed by atoms with Crippen LogP contribution in [0.15, 0.2) is 47.1 Å². The van der Waals surface area contributed by atoms with Crippen molar-refractivity contribution in [2.45, 2.75) is 26.2 Å². The fourth-order valence-electron chi connectivity index (χ4n) is 2.43. The third kappa shape index (κ3) is 2.77. The van der Waals surface area contributed by atoms with Crippen LogP contribution in [0.2, 0.25) is 5.02 Å².